The number of sulfonamides is 2. The number of fused-ring (bicyclic) bond motifs is 1. The molecule has 0 heterocycles. The van der Waals surface area contributed by atoms with Gasteiger partial charge in [-0.2, -0.15) is 0 Å². The van der Waals surface area contributed by atoms with Crippen molar-refractivity contribution in [2.75, 3.05) is 20.6 Å². The second-order valence-electron chi connectivity index (χ2n) is 9.55. The first-order chi connectivity index (χ1) is 20.0. The monoisotopic (exact) mass is 603 g/mol. The lowest BCUT2D eigenvalue weighted by Crippen LogP contribution is -2.29. The molecule has 2 N–H and O–H groups in total. The molecule has 0 saturated carbocycles. The molecule has 1 amide bonds. The van der Waals surface area contributed by atoms with Crippen LogP contribution in [0.1, 0.15) is 15.9 Å². The molecule has 0 bridgehead atoms. The molecule has 5 aromatic carbocycles. The number of halogens is 1. The molecule has 0 aliphatic rings. The molecule has 0 unspecified atom stereocenters. The average Bonchev–Trinajstić information content (AvgIpc) is 2.97. The number of amides is 1. The Balaban J connectivity index is 1.27. The summed E-state index contributed by atoms with van der Waals surface area (Å²) in [6.07, 6.45) is 1.07. The van der Waals surface area contributed by atoms with Gasteiger partial charge in [0.05, 0.1) is 29.1 Å². The number of rotatable bonds is 9. The van der Waals surface area contributed by atoms with E-state index in [-0.39, 0.29) is 17.0 Å². The summed E-state index contributed by atoms with van der Waals surface area (Å²) < 4.78 is 68.0. The molecule has 5 rings (SSSR count). The van der Waals surface area contributed by atoms with Gasteiger partial charge in [-0.15, -0.1) is 0 Å². The molecule has 0 spiro atoms. The second kappa shape index (κ2) is 11.6. The van der Waals surface area contributed by atoms with Crippen LogP contribution in [-0.2, 0) is 26.6 Å². The molecule has 11 heteroatoms. The number of carbonyl (C=O) groups is 1. The fraction of sp³-hybridized carbons (Fsp3) is 0.0645. The number of nitrogens with zero attached hydrogens (tertiary/aromatic N) is 1. The molecule has 0 aliphatic heterocycles. The minimum Gasteiger partial charge on any atom is -0.322 e. The molecule has 0 saturated heterocycles. The quantitative estimate of drug-likeness (QED) is 0.215. The van der Waals surface area contributed by atoms with Gasteiger partial charge in [-0.05, 0) is 77.7 Å². The summed E-state index contributed by atoms with van der Waals surface area (Å²) in [5.74, 6) is -0.885. The third-order valence-corrected chi connectivity index (χ3v) is 9.04. The second-order valence-corrected chi connectivity index (χ2v) is 13.1. The van der Waals surface area contributed by atoms with Gasteiger partial charge in [0.2, 0.25) is 10.0 Å². The fourth-order valence-electron chi connectivity index (χ4n) is 4.37. The van der Waals surface area contributed by atoms with E-state index in [1.165, 1.54) is 72.8 Å². The maximum atomic E-state index is 13.3. The van der Waals surface area contributed by atoms with Gasteiger partial charge >= 0.3 is 0 Å². The highest BCUT2D eigenvalue weighted by Crippen LogP contribution is 2.26. The Hall–Kier alpha value is -4.74. The van der Waals surface area contributed by atoms with Crippen LogP contribution in [0.4, 0.5) is 21.5 Å². The van der Waals surface area contributed by atoms with Crippen LogP contribution < -0.4 is 14.3 Å². The zero-order valence-corrected chi connectivity index (χ0v) is 24.0. The number of hydrogen-bond acceptors (Lipinski definition) is 5. The lowest BCUT2D eigenvalue weighted by molar-refractivity contribution is 0.102. The Morgan fingerprint density at radius 3 is 2.07 bits per heavy atom. The fourth-order valence-corrected chi connectivity index (χ4v) is 6.34. The number of hydrogen-bond donors (Lipinski definition) is 2. The lowest BCUT2D eigenvalue weighted by Gasteiger charge is -2.22. The number of benzene rings is 5. The van der Waals surface area contributed by atoms with E-state index in [0.717, 1.165) is 21.3 Å². The zero-order chi connectivity index (χ0) is 29.9. The van der Waals surface area contributed by atoms with Crippen LogP contribution in [0.15, 0.2) is 120 Å². The predicted molar refractivity (Wildman–Crippen MR) is 163 cm³/mol. The molecular weight excluding hydrogens is 577 g/mol. The Bertz CT molecular complexity index is 1960. The first-order valence-electron chi connectivity index (χ1n) is 12.7. The normalized spacial score (nSPS) is 11.7. The van der Waals surface area contributed by atoms with E-state index in [2.05, 4.69) is 10.0 Å². The highest BCUT2D eigenvalue weighted by atomic mass is 32.2. The molecule has 8 nitrogen and oxygen atoms in total. The van der Waals surface area contributed by atoms with Crippen molar-refractivity contribution >= 4 is 53.8 Å². The summed E-state index contributed by atoms with van der Waals surface area (Å²) in [6.45, 7) is -0.00470. The van der Waals surface area contributed by atoms with E-state index in [9.17, 15) is 26.0 Å². The predicted octanol–water partition coefficient (Wildman–Crippen LogP) is 6.00. The van der Waals surface area contributed by atoms with Gasteiger partial charge < -0.3 is 5.32 Å². The number of nitrogens with one attached hydrogen (secondary N) is 2. The van der Waals surface area contributed by atoms with Gasteiger partial charge in [0.1, 0.15) is 5.82 Å². The molecule has 0 aliphatic carbocycles. The third-order valence-electron chi connectivity index (χ3n) is 6.51. The standard InChI is InChI=1S/C31H26FN3O5S2/c1-41(37,38)35(21-22-9-13-25(32)14-10-22)27-17-11-24(12-18-27)31(36)33-26-15-19-28(20-16-26)42(39,40)34-30-8-4-6-23-5-2-3-7-29(23)30/h2-20,34H,21H2,1H3,(H,33,36). The summed E-state index contributed by atoms with van der Waals surface area (Å²) in [7, 11) is -7.56. The summed E-state index contributed by atoms with van der Waals surface area (Å²) in [5.41, 5.74) is 2.04. The van der Waals surface area contributed by atoms with Crippen molar-refractivity contribution in [1.29, 1.82) is 0 Å². The van der Waals surface area contributed by atoms with Gasteiger partial charge in [0, 0.05) is 16.6 Å². The Kier molecular flexibility index (Phi) is 7.97. The first kappa shape index (κ1) is 28.8. The van der Waals surface area contributed by atoms with Crippen LogP contribution in [0.3, 0.4) is 0 Å². The van der Waals surface area contributed by atoms with Crippen LogP contribution >= 0.6 is 0 Å². The van der Waals surface area contributed by atoms with Crippen molar-refractivity contribution in [3.8, 4) is 0 Å². The van der Waals surface area contributed by atoms with Crippen LogP contribution in [-0.4, -0.2) is 29.0 Å². The van der Waals surface area contributed by atoms with Crippen LogP contribution in [0, 0.1) is 5.82 Å². The van der Waals surface area contributed by atoms with E-state index < -0.39 is 31.8 Å². The molecule has 0 aromatic heterocycles. The molecule has 5 aromatic rings. The Morgan fingerprint density at radius 2 is 1.40 bits per heavy atom. The van der Waals surface area contributed by atoms with E-state index in [0.29, 0.717) is 22.6 Å². The average molecular weight is 604 g/mol. The molecule has 42 heavy (non-hydrogen) atoms. The molecule has 0 radical (unpaired) electrons. The van der Waals surface area contributed by atoms with Gasteiger partial charge in [-0.25, -0.2) is 21.2 Å². The van der Waals surface area contributed by atoms with E-state index >= 15 is 0 Å². The van der Waals surface area contributed by atoms with Crippen LogP contribution in [0.5, 0.6) is 0 Å². The highest BCUT2D eigenvalue weighted by molar-refractivity contribution is 7.92. The number of carbonyl (C=O) groups excluding carboxylic acids is 1. The largest absolute Gasteiger partial charge is 0.322 e. The minimum absolute atomic E-state index is 0.00470. The van der Waals surface area contributed by atoms with Gasteiger partial charge in [-0.3, -0.25) is 13.8 Å². The zero-order valence-electron chi connectivity index (χ0n) is 22.4. The van der Waals surface area contributed by atoms with Crippen molar-refractivity contribution in [2.24, 2.45) is 0 Å². The van der Waals surface area contributed by atoms with Gasteiger partial charge in [0.25, 0.3) is 15.9 Å². The molecule has 0 atom stereocenters. The van der Waals surface area contributed by atoms with Gasteiger partial charge in [-0.1, -0.05) is 48.5 Å². The summed E-state index contributed by atoms with van der Waals surface area (Å²) >= 11 is 0. The van der Waals surface area contributed by atoms with E-state index in [4.69, 9.17) is 0 Å². The molecule has 214 valence electrons. The minimum atomic E-state index is -3.89. The molecular formula is C31H26FN3O5S2. The Labute approximate surface area is 243 Å². The van der Waals surface area contributed by atoms with E-state index in [1.54, 1.807) is 12.1 Å². The SMILES string of the molecule is CS(=O)(=O)N(Cc1ccc(F)cc1)c1ccc(C(=O)Nc2ccc(S(=O)(=O)Nc3cccc4ccccc34)cc2)cc1. The molecule has 0 fully saturated rings. The Morgan fingerprint density at radius 1 is 0.762 bits per heavy atom. The topological polar surface area (TPSA) is 113 Å². The summed E-state index contributed by atoms with van der Waals surface area (Å²) in [5, 5.41) is 4.39. The van der Waals surface area contributed by atoms with Crippen molar-refractivity contribution in [3.63, 3.8) is 0 Å². The van der Waals surface area contributed by atoms with Crippen molar-refractivity contribution in [2.45, 2.75) is 11.4 Å². The highest BCUT2D eigenvalue weighted by Gasteiger charge is 2.19. The van der Waals surface area contributed by atoms with E-state index in [1.807, 2.05) is 30.3 Å². The van der Waals surface area contributed by atoms with Gasteiger partial charge in [0.15, 0.2) is 0 Å². The van der Waals surface area contributed by atoms with Crippen LogP contribution in [0.25, 0.3) is 10.8 Å². The number of anilines is 3. The van der Waals surface area contributed by atoms with Crippen molar-refractivity contribution in [1.82, 2.24) is 0 Å². The summed E-state index contributed by atoms with van der Waals surface area (Å²) in [4.78, 5) is 12.9. The van der Waals surface area contributed by atoms with Crippen molar-refractivity contribution in [3.05, 3.63) is 132 Å². The maximum absolute atomic E-state index is 13.3. The first-order valence-corrected chi connectivity index (χ1v) is 16.1. The van der Waals surface area contributed by atoms with Crippen molar-refractivity contribution < 1.29 is 26.0 Å². The third kappa shape index (κ3) is 6.59. The summed E-state index contributed by atoms with van der Waals surface area (Å²) in [6, 6.07) is 30.1. The smallest absolute Gasteiger partial charge is 0.261 e. The van der Waals surface area contributed by atoms with Crippen LogP contribution in [0.2, 0.25) is 0 Å². The lowest BCUT2D eigenvalue weighted by atomic mass is 10.1. The maximum Gasteiger partial charge on any atom is 0.261 e.